The lowest BCUT2D eigenvalue weighted by atomic mass is 9.96. The van der Waals surface area contributed by atoms with Gasteiger partial charge in [0.1, 0.15) is 5.60 Å². The molecule has 5 heteroatoms. The summed E-state index contributed by atoms with van der Waals surface area (Å²) in [5.74, 6) is 0. The third-order valence-electron chi connectivity index (χ3n) is 4.46. The van der Waals surface area contributed by atoms with Gasteiger partial charge in [0.05, 0.1) is 6.54 Å². The average molecular weight is 305 g/mol. The van der Waals surface area contributed by atoms with Crippen molar-refractivity contribution in [2.24, 2.45) is 0 Å². The first kappa shape index (κ1) is 16.8. The molecule has 2 rings (SSSR count). The molecule has 3 unspecified atom stereocenters. The van der Waals surface area contributed by atoms with Gasteiger partial charge in [0.2, 0.25) is 0 Å². The third-order valence-corrected chi connectivity index (χ3v) is 4.46. The van der Waals surface area contributed by atoms with Crippen LogP contribution in [0.3, 0.4) is 0 Å². The Morgan fingerprint density at radius 1 is 1.32 bits per heavy atom. The number of hydrogen-bond acceptors (Lipinski definition) is 3. The lowest BCUT2D eigenvalue weighted by Crippen LogP contribution is -2.46. The van der Waals surface area contributed by atoms with Gasteiger partial charge in [-0.05, 0) is 45.8 Å². The maximum Gasteiger partial charge on any atom is 0.315 e. The number of benzene rings is 1. The van der Waals surface area contributed by atoms with E-state index in [1.165, 1.54) is 0 Å². The number of rotatable bonds is 5. The molecule has 122 valence electrons. The van der Waals surface area contributed by atoms with Crippen LogP contribution in [0.5, 0.6) is 0 Å². The highest BCUT2D eigenvalue weighted by atomic mass is 16.3. The summed E-state index contributed by atoms with van der Waals surface area (Å²) in [6.45, 7) is 1.90. The molecule has 0 heterocycles. The number of amides is 2. The molecule has 1 aliphatic carbocycles. The van der Waals surface area contributed by atoms with Crippen molar-refractivity contribution in [1.82, 2.24) is 15.5 Å². The van der Waals surface area contributed by atoms with Crippen molar-refractivity contribution in [3.05, 3.63) is 35.9 Å². The van der Waals surface area contributed by atoms with Gasteiger partial charge in [-0.1, -0.05) is 30.3 Å². The fourth-order valence-electron chi connectivity index (χ4n) is 2.95. The quantitative estimate of drug-likeness (QED) is 0.775. The van der Waals surface area contributed by atoms with Gasteiger partial charge in [0, 0.05) is 12.1 Å². The highest BCUT2D eigenvalue weighted by Gasteiger charge is 2.28. The first-order valence-corrected chi connectivity index (χ1v) is 7.87. The van der Waals surface area contributed by atoms with Crippen LogP contribution in [-0.2, 0) is 5.60 Å². The normalized spacial score (nSPS) is 24.0. The molecule has 0 aromatic heterocycles. The van der Waals surface area contributed by atoms with E-state index in [0.29, 0.717) is 6.04 Å². The molecule has 0 spiro atoms. The number of carbonyl (C=O) groups excluding carboxylic acids is 1. The zero-order chi connectivity index (χ0) is 16.2. The smallest absolute Gasteiger partial charge is 0.315 e. The van der Waals surface area contributed by atoms with Crippen molar-refractivity contribution < 1.29 is 9.90 Å². The minimum absolute atomic E-state index is 0.187. The van der Waals surface area contributed by atoms with Crippen LogP contribution in [0.25, 0.3) is 0 Å². The van der Waals surface area contributed by atoms with E-state index in [-0.39, 0.29) is 18.6 Å². The zero-order valence-electron chi connectivity index (χ0n) is 13.7. The van der Waals surface area contributed by atoms with E-state index >= 15 is 0 Å². The summed E-state index contributed by atoms with van der Waals surface area (Å²) in [6.07, 6.45) is 3.10. The number of carbonyl (C=O) groups is 1. The van der Waals surface area contributed by atoms with E-state index in [2.05, 4.69) is 29.6 Å². The molecule has 3 atom stereocenters. The monoisotopic (exact) mass is 305 g/mol. The van der Waals surface area contributed by atoms with E-state index in [1.54, 1.807) is 6.92 Å². The average Bonchev–Trinajstić information content (AvgIpc) is 2.95. The Bertz CT molecular complexity index is 488. The summed E-state index contributed by atoms with van der Waals surface area (Å²) >= 11 is 0. The zero-order valence-corrected chi connectivity index (χ0v) is 13.7. The minimum atomic E-state index is -1.07. The molecule has 5 nitrogen and oxygen atoms in total. The SMILES string of the molecule is CN(C)C1CCC(NC(=O)NCC(C)(O)c2ccccc2)C1. The second kappa shape index (κ2) is 7.11. The Balaban J connectivity index is 1.78. The standard InChI is InChI=1S/C17H27N3O2/c1-17(22,13-7-5-4-6-8-13)12-18-16(21)19-14-9-10-15(11-14)20(2)3/h4-8,14-15,22H,9-12H2,1-3H3,(H2,18,19,21). The van der Waals surface area contributed by atoms with Crippen LogP contribution >= 0.6 is 0 Å². The molecule has 22 heavy (non-hydrogen) atoms. The largest absolute Gasteiger partial charge is 0.384 e. The Morgan fingerprint density at radius 2 is 2.00 bits per heavy atom. The molecule has 0 radical (unpaired) electrons. The Hall–Kier alpha value is -1.59. The molecule has 1 aromatic rings. The molecule has 0 aliphatic heterocycles. The molecule has 1 aliphatic rings. The number of nitrogens with zero attached hydrogens (tertiary/aromatic N) is 1. The second-order valence-corrected chi connectivity index (χ2v) is 6.59. The summed E-state index contributed by atoms with van der Waals surface area (Å²) in [5.41, 5.74) is -0.274. The van der Waals surface area contributed by atoms with Crippen molar-refractivity contribution in [3.63, 3.8) is 0 Å². The maximum absolute atomic E-state index is 12.0. The molecular formula is C17H27N3O2. The minimum Gasteiger partial charge on any atom is -0.384 e. The fraction of sp³-hybridized carbons (Fsp3) is 0.588. The molecule has 1 saturated carbocycles. The summed E-state index contributed by atoms with van der Waals surface area (Å²) in [4.78, 5) is 14.2. The van der Waals surface area contributed by atoms with Crippen LogP contribution in [0.1, 0.15) is 31.7 Å². The van der Waals surface area contributed by atoms with Gasteiger partial charge in [-0.25, -0.2) is 4.79 Å². The van der Waals surface area contributed by atoms with Gasteiger partial charge in [-0.15, -0.1) is 0 Å². The van der Waals surface area contributed by atoms with E-state index in [4.69, 9.17) is 0 Å². The van der Waals surface area contributed by atoms with Gasteiger partial charge in [0.15, 0.2) is 0 Å². The summed E-state index contributed by atoms with van der Waals surface area (Å²) in [6, 6.07) is 9.93. The van der Waals surface area contributed by atoms with Crippen LogP contribution in [0.4, 0.5) is 4.79 Å². The highest BCUT2D eigenvalue weighted by Crippen LogP contribution is 2.22. The highest BCUT2D eigenvalue weighted by molar-refractivity contribution is 5.74. The summed E-state index contributed by atoms with van der Waals surface area (Å²) < 4.78 is 0. The number of nitrogens with one attached hydrogen (secondary N) is 2. The Morgan fingerprint density at radius 3 is 2.59 bits per heavy atom. The van der Waals surface area contributed by atoms with Crippen molar-refractivity contribution >= 4 is 6.03 Å². The van der Waals surface area contributed by atoms with Crippen molar-refractivity contribution in [1.29, 1.82) is 0 Å². The molecule has 0 bridgehead atoms. The first-order chi connectivity index (χ1) is 10.4. The summed E-state index contributed by atoms with van der Waals surface area (Å²) in [5, 5.41) is 16.2. The van der Waals surface area contributed by atoms with Gasteiger partial charge in [-0.2, -0.15) is 0 Å². The molecular weight excluding hydrogens is 278 g/mol. The van der Waals surface area contributed by atoms with Gasteiger partial charge in [-0.3, -0.25) is 0 Å². The Kier molecular flexibility index (Phi) is 5.42. The van der Waals surface area contributed by atoms with Gasteiger partial charge >= 0.3 is 6.03 Å². The number of urea groups is 1. The lowest BCUT2D eigenvalue weighted by Gasteiger charge is -2.25. The van der Waals surface area contributed by atoms with Crippen LogP contribution < -0.4 is 10.6 Å². The maximum atomic E-state index is 12.0. The second-order valence-electron chi connectivity index (χ2n) is 6.59. The van der Waals surface area contributed by atoms with E-state index < -0.39 is 5.60 Å². The van der Waals surface area contributed by atoms with Crippen molar-refractivity contribution in [2.45, 2.75) is 43.9 Å². The lowest BCUT2D eigenvalue weighted by molar-refractivity contribution is 0.0592. The predicted molar refractivity (Wildman–Crippen MR) is 87.7 cm³/mol. The van der Waals surface area contributed by atoms with E-state index in [9.17, 15) is 9.90 Å². The van der Waals surface area contributed by atoms with Crippen molar-refractivity contribution in [3.8, 4) is 0 Å². The Labute approximate surface area is 132 Å². The predicted octanol–water partition coefficient (Wildman–Crippen LogP) is 1.68. The van der Waals surface area contributed by atoms with Crippen LogP contribution in [0.2, 0.25) is 0 Å². The number of aliphatic hydroxyl groups is 1. The summed E-state index contributed by atoms with van der Waals surface area (Å²) in [7, 11) is 4.15. The molecule has 1 fully saturated rings. The van der Waals surface area contributed by atoms with Crippen LogP contribution in [0.15, 0.2) is 30.3 Å². The third kappa shape index (κ3) is 4.45. The molecule has 2 amide bonds. The topological polar surface area (TPSA) is 64.6 Å². The van der Waals surface area contributed by atoms with Crippen LogP contribution in [-0.4, -0.2) is 48.8 Å². The molecule has 0 saturated heterocycles. The molecule has 1 aromatic carbocycles. The van der Waals surface area contributed by atoms with E-state index in [0.717, 1.165) is 24.8 Å². The fourth-order valence-corrected chi connectivity index (χ4v) is 2.95. The number of hydrogen-bond donors (Lipinski definition) is 3. The van der Waals surface area contributed by atoms with E-state index in [1.807, 2.05) is 30.3 Å². The van der Waals surface area contributed by atoms with Crippen LogP contribution in [0, 0.1) is 0 Å². The molecule has 3 N–H and O–H groups in total. The van der Waals surface area contributed by atoms with Crippen molar-refractivity contribution in [2.75, 3.05) is 20.6 Å². The van der Waals surface area contributed by atoms with Gasteiger partial charge < -0.3 is 20.6 Å². The first-order valence-electron chi connectivity index (χ1n) is 7.87. The van der Waals surface area contributed by atoms with Gasteiger partial charge in [0.25, 0.3) is 0 Å².